The molecule has 1 amide bonds. The number of carbonyl (C=O) groups is 1. The van der Waals surface area contributed by atoms with E-state index in [4.69, 9.17) is 10.3 Å². The van der Waals surface area contributed by atoms with Gasteiger partial charge in [-0.15, -0.1) is 0 Å². The Bertz CT molecular complexity index is 387. The van der Waals surface area contributed by atoms with E-state index in [1.54, 1.807) is 6.07 Å². The normalized spacial score (nSPS) is 11.9. The van der Waals surface area contributed by atoms with E-state index in [0.29, 0.717) is 17.9 Å². The fourth-order valence-corrected chi connectivity index (χ4v) is 1.23. The van der Waals surface area contributed by atoms with E-state index < -0.39 is 0 Å². The highest BCUT2D eigenvalue weighted by molar-refractivity contribution is 5.93. The number of rotatable bonds is 5. The summed E-state index contributed by atoms with van der Waals surface area (Å²) in [5, 5.41) is 9.22. The van der Waals surface area contributed by atoms with Crippen LogP contribution in [0, 0.1) is 0 Å². The predicted octanol–water partition coefficient (Wildman–Crippen LogP) is 0.0858. The van der Waals surface area contributed by atoms with Gasteiger partial charge in [-0.2, -0.15) is 0 Å². The first kappa shape index (κ1) is 13.7. The molecule has 0 aliphatic carbocycles. The molecule has 0 saturated heterocycles. The molecule has 6 nitrogen and oxygen atoms in total. The first-order chi connectivity index (χ1) is 7.90. The van der Waals surface area contributed by atoms with Gasteiger partial charge in [0.2, 0.25) is 0 Å². The van der Waals surface area contributed by atoms with Crippen molar-refractivity contribution >= 4 is 5.91 Å². The highest BCUT2D eigenvalue weighted by atomic mass is 16.3. The van der Waals surface area contributed by atoms with Gasteiger partial charge in [-0.25, -0.2) is 5.84 Å². The standard InChI is InChI=1S/C11H19N3O3/c1-11(2,7-15)14(3)5-9-4-8(6-17-9)10(16)13-12/h4,6,15H,5,7,12H2,1-3H3,(H,13,16). The summed E-state index contributed by atoms with van der Waals surface area (Å²) in [5.41, 5.74) is 2.08. The zero-order valence-corrected chi connectivity index (χ0v) is 10.4. The molecular weight excluding hydrogens is 222 g/mol. The Kier molecular flexibility index (Phi) is 4.28. The van der Waals surface area contributed by atoms with Crippen LogP contribution in [-0.2, 0) is 6.54 Å². The number of nitrogen functional groups attached to an aromatic ring is 1. The van der Waals surface area contributed by atoms with Crippen molar-refractivity contribution in [1.82, 2.24) is 10.3 Å². The van der Waals surface area contributed by atoms with Gasteiger partial charge in [0.1, 0.15) is 12.0 Å². The number of hydrogen-bond acceptors (Lipinski definition) is 5. The quantitative estimate of drug-likeness (QED) is 0.386. The highest BCUT2D eigenvalue weighted by Gasteiger charge is 2.23. The molecule has 1 rings (SSSR count). The third kappa shape index (κ3) is 3.29. The third-order valence-corrected chi connectivity index (χ3v) is 2.86. The lowest BCUT2D eigenvalue weighted by atomic mass is 10.1. The van der Waals surface area contributed by atoms with E-state index in [0.717, 1.165) is 0 Å². The lowest BCUT2D eigenvalue weighted by molar-refractivity contribution is 0.0682. The van der Waals surface area contributed by atoms with Gasteiger partial charge in [-0.1, -0.05) is 0 Å². The fraction of sp³-hybridized carbons (Fsp3) is 0.545. The number of amides is 1. The number of nitrogens with one attached hydrogen (secondary N) is 1. The molecule has 0 radical (unpaired) electrons. The van der Waals surface area contributed by atoms with Crippen LogP contribution in [-0.4, -0.2) is 35.1 Å². The lowest BCUT2D eigenvalue weighted by Crippen LogP contribution is -2.43. The maximum atomic E-state index is 11.2. The molecule has 1 heterocycles. The van der Waals surface area contributed by atoms with Crippen LogP contribution in [0.3, 0.4) is 0 Å². The summed E-state index contributed by atoms with van der Waals surface area (Å²) in [6.07, 6.45) is 1.36. The van der Waals surface area contributed by atoms with Gasteiger partial charge in [0.05, 0.1) is 18.7 Å². The number of likely N-dealkylation sites (N-methyl/N-ethyl adjacent to an activating group) is 1. The van der Waals surface area contributed by atoms with Gasteiger partial charge in [0.15, 0.2) is 0 Å². The minimum atomic E-state index is -0.385. The molecule has 1 aromatic heterocycles. The average Bonchev–Trinajstić information content (AvgIpc) is 2.76. The Balaban J connectivity index is 2.70. The predicted molar refractivity (Wildman–Crippen MR) is 63.0 cm³/mol. The monoisotopic (exact) mass is 241 g/mol. The minimum Gasteiger partial charge on any atom is -0.467 e. The number of hydrazine groups is 1. The van der Waals surface area contributed by atoms with Crippen LogP contribution in [0.1, 0.15) is 30.0 Å². The Morgan fingerprint density at radius 3 is 2.82 bits per heavy atom. The summed E-state index contributed by atoms with van der Waals surface area (Å²) in [6, 6.07) is 1.63. The number of hydrogen-bond donors (Lipinski definition) is 3. The van der Waals surface area contributed by atoms with Crippen LogP contribution in [0.25, 0.3) is 0 Å². The maximum absolute atomic E-state index is 11.2. The molecule has 0 saturated carbocycles. The molecule has 6 heteroatoms. The van der Waals surface area contributed by atoms with Crippen molar-refractivity contribution in [1.29, 1.82) is 0 Å². The number of carbonyl (C=O) groups excluding carboxylic acids is 1. The summed E-state index contributed by atoms with van der Waals surface area (Å²) in [5.74, 6) is 5.28. The molecule has 17 heavy (non-hydrogen) atoms. The van der Waals surface area contributed by atoms with Gasteiger partial charge in [0, 0.05) is 5.54 Å². The largest absolute Gasteiger partial charge is 0.467 e. The first-order valence-electron chi connectivity index (χ1n) is 5.31. The molecule has 0 spiro atoms. The summed E-state index contributed by atoms with van der Waals surface area (Å²) in [7, 11) is 1.88. The Labute approximate surface area is 100 Å². The van der Waals surface area contributed by atoms with Crippen molar-refractivity contribution in [2.75, 3.05) is 13.7 Å². The number of nitrogens with two attached hydrogens (primary N) is 1. The van der Waals surface area contributed by atoms with Crippen LogP contribution in [0.4, 0.5) is 0 Å². The Morgan fingerprint density at radius 2 is 2.29 bits per heavy atom. The smallest absolute Gasteiger partial charge is 0.268 e. The Hall–Kier alpha value is -1.37. The number of nitrogens with zero attached hydrogens (tertiary/aromatic N) is 1. The molecule has 0 aliphatic heterocycles. The number of aliphatic hydroxyl groups excluding tert-OH is 1. The lowest BCUT2D eigenvalue weighted by Gasteiger charge is -2.33. The molecule has 0 aliphatic rings. The number of furan rings is 1. The molecule has 0 fully saturated rings. The molecule has 0 unspecified atom stereocenters. The van der Waals surface area contributed by atoms with Crippen molar-refractivity contribution in [3.05, 3.63) is 23.7 Å². The van der Waals surface area contributed by atoms with Crippen molar-refractivity contribution in [3.63, 3.8) is 0 Å². The van der Waals surface area contributed by atoms with Gasteiger partial charge in [0.25, 0.3) is 5.91 Å². The van der Waals surface area contributed by atoms with E-state index in [9.17, 15) is 9.90 Å². The van der Waals surface area contributed by atoms with Gasteiger partial charge >= 0.3 is 0 Å². The van der Waals surface area contributed by atoms with Gasteiger partial charge < -0.3 is 9.52 Å². The topological polar surface area (TPSA) is 91.7 Å². The fourth-order valence-electron chi connectivity index (χ4n) is 1.23. The third-order valence-electron chi connectivity index (χ3n) is 2.86. The van der Waals surface area contributed by atoms with Gasteiger partial charge in [-0.05, 0) is 27.0 Å². The van der Waals surface area contributed by atoms with Crippen molar-refractivity contribution in [2.45, 2.75) is 25.9 Å². The Morgan fingerprint density at radius 1 is 1.65 bits per heavy atom. The SMILES string of the molecule is CN(Cc1cc(C(=O)NN)co1)C(C)(C)CO. The minimum absolute atomic E-state index is 0.0420. The van der Waals surface area contributed by atoms with Crippen molar-refractivity contribution in [3.8, 4) is 0 Å². The molecule has 0 bridgehead atoms. The van der Waals surface area contributed by atoms with E-state index in [-0.39, 0.29) is 18.1 Å². The summed E-state index contributed by atoms with van der Waals surface area (Å²) < 4.78 is 5.26. The van der Waals surface area contributed by atoms with Crippen LogP contribution in [0.5, 0.6) is 0 Å². The van der Waals surface area contributed by atoms with Crippen molar-refractivity contribution < 1.29 is 14.3 Å². The van der Waals surface area contributed by atoms with Crippen LogP contribution in [0.2, 0.25) is 0 Å². The second kappa shape index (κ2) is 5.31. The second-order valence-electron chi connectivity index (χ2n) is 4.60. The zero-order chi connectivity index (χ0) is 13.1. The zero-order valence-electron chi connectivity index (χ0n) is 10.4. The highest BCUT2D eigenvalue weighted by Crippen LogP contribution is 2.16. The van der Waals surface area contributed by atoms with Crippen LogP contribution >= 0.6 is 0 Å². The molecule has 1 aromatic rings. The first-order valence-corrected chi connectivity index (χ1v) is 5.31. The van der Waals surface area contributed by atoms with Crippen molar-refractivity contribution in [2.24, 2.45) is 5.84 Å². The maximum Gasteiger partial charge on any atom is 0.268 e. The van der Waals surface area contributed by atoms with Gasteiger partial charge in [-0.3, -0.25) is 15.1 Å². The molecule has 0 atom stereocenters. The summed E-state index contributed by atoms with van der Waals surface area (Å²) in [6.45, 7) is 4.39. The van der Waals surface area contributed by atoms with E-state index in [2.05, 4.69) is 0 Å². The second-order valence-corrected chi connectivity index (χ2v) is 4.60. The van der Waals surface area contributed by atoms with Crippen LogP contribution in [0.15, 0.2) is 16.7 Å². The van der Waals surface area contributed by atoms with Crippen LogP contribution < -0.4 is 11.3 Å². The van der Waals surface area contributed by atoms with E-state index >= 15 is 0 Å². The molecule has 4 N–H and O–H groups in total. The molecular formula is C11H19N3O3. The van der Waals surface area contributed by atoms with E-state index in [1.165, 1.54) is 6.26 Å². The average molecular weight is 241 g/mol. The molecule has 96 valence electrons. The van der Waals surface area contributed by atoms with E-state index in [1.807, 2.05) is 31.2 Å². The molecule has 0 aromatic carbocycles. The number of aliphatic hydroxyl groups is 1. The summed E-state index contributed by atoms with van der Waals surface area (Å²) >= 11 is 0. The summed E-state index contributed by atoms with van der Waals surface area (Å²) in [4.78, 5) is 13.2.